The van der Waals surface area contributed by atoms with Gasteiger partial charge in [-0.1, -0.05) is 42.5 Å². The minimum Gasteiger partial charge on any atom is -0.508 e. The van der Waals surface area contributed by atoms with Crippen LogP contribution in [0.1, 0.15) is 11.1 Å². The molecule has 0 aliphatic carbocycles. The summed E-state index contributed by atoms with van der Waals surface area (Å²) in [6.45, 7) is 0.0217. The highest BCUT2D eigenvalue weighted by Crippen LogP contribution is 2.10. The molecule has 2 aromatic rings. The van der Waals surface area contributed by atoms with Gasteiger partial charge in [0.2, 0.25) is 0 Å². The maximum absolute atomic E-state index is 10.4. The molecule has 0 aromatic heterocycles. The van der Waals surface area contributed by atoms with Crippen LogP contribution in [0, 0.1) is 10.1 Å². The van der Waals surface area contributed by atoms with Gasteiger partial charge in [0.15, 0.2) is 0 Å². The molecule has 0 heterocycles. The van der Waals surface area contributed by atoms with Gasteiger partial charge in [0.25, 0.3) is 5.09 Å². The van der Waals surface area contributed by atoms with Crippen molar-refractivity contribution in [3.63, 3.8) is 0 Å². The normalized spacial score (nSPS) is 10.9. The maximum Gasteiger partial charge on any atom is 0.320 e. The summed E-state index contributed by atoms with van der Waals surface area (Å²) < 4.78 is 0. The first-order valence-electron chi connectivity index (χ1n) is 6.96. The molecule has 8 heteroatoms. The number of carboxylic acid groups (broad SMARTS) is 1. The van der Waals surface area contributed by atoms with Gasteiger partial charge in [0.1, 0.15) is 18.4 Å². The van der Waals surface area contributed by atoms with Gasteiger partial charge in [-0.15, -0.1) is 10.1 Å². The van der Waals surface area contributed by atoms with E-state index in [0.29, 0.717) is 0 Å². The summed E-state index contributed by atoms with van der Waals surface area (Å²) >= 11 is 0. The molecule has 2 aromatic carbocycles. The fourth-order valence-corrected chi connectivity index (χ4v) is 1.67. The molecule has 0 saturated heterocycles. The van der Waals surface area contributed by atoms with Crippen molar-refractivity contribution in [2.24, 2.45) is 5.73 Å². The number of hydrogen-bond acceptors (Lipinski definition) is 6. The van der Waals surface area contributed by atoms with Crippen LogP contribution in [0.3, 0.4) is 0 Å². The minimum atomic E-state index is -1.02. The van der Waals surface area contributed by atoms with Crippen molar-refractivity contribution in [1.29, 1.82) is 0 Å². The number of nitrogens with two attached hydrogens (primary N) is 1. The summed E-state index contributed by atoms with van der Waals surface area (Å²) in [5.41, 5.74) is 6.92. The van der Waals surface area contributed by atoms with Crippen LogP contribution in [0.4, 0.5) is 0 Å². The number of benzene rings is 2. The molecular formula is C16H18N2O6. The highest BCUT2D eigenvalue weighted by Gasteiger charge is 2.11. The zero-order valence-corrected chi connectivity index (χ0v) is 12.7. The molecule has 2 rings (SSSR count). The van der Waals surface area contributed by atoms with Gasteiger partial charge >= 0.3 is 5.97 Å². The quantitative estimate of drug-likeness (QED) is 0.540. The van der Waals surface area contributed by atoms with E-state index in [1.54, 1.807) is 36.4 Å². The van der Waals surface area contributed by atoms with Crippen molar-refractivity contribution in [1.82, 2.24) is 0 Å². The largest absolute Gasteiger partial charge is 0.508 e. The number of aromatic hydroxyl groups is 1. The molecule has 0 unspecified atom stereocenters. The summed E-state index contributed by atoms with van der Waals surface area (Å²) in [6.07, 6.45) is 0.273. The molecular weight excluding hydrogens is 316 g/mol. The molecule has 1 atom stereocenters. The lowest BCUT2D eigenvalue weighted by molar-refractivity contribution is -0.763. The average Bonchev–Trinajstić information content (AvgIpc) is 2.56. The minimum absolute atomic E-state index is 0.0217. The third-order valence-corrected chi connectivity index (χ3v) is 2.89. The Labute approximate surface area is 138 Å². The van der Waals surface area contributed by atoms with E-state index in [9.17, 15) is 14.9 Å². The third kappa shape index (κ3) is 7.76. The van der Waals surface area contributed by atoms with Crippen molar-refractivity contribution >= 4 is 5.97 Å². The standard InChI is InChI=1S/C9H11NO3.C7H7NO3/c10-8(9(12)13)5-6-1-3-7(11)4-2-6;9-8(10)11-6-7-4-2-1-3-5-7/h1-4,8,11H,5,10H2,(H,12,13);1-5H,6H2/t8-;/m0./s1. The Morgan fingerprint density at radius 1 is 1.12 bits per heavy atom. The molecule has 0 amide bonds. The zero-order chi connectivity index (χ0) is 17.9. The molecule has 0 aliphatic rings. The van der Waals surface area contributed by atoms with E-state index >= 15 is 0 Å². The van der Waals surface area contributed by atoms with Crippen LogP contribution in [0.15, 0.2) is 54.6 Å². The molecule has 0 bridgehead atoms. The van der Waals surface area contributed by atoms with Crippen molar-refractivity contribution in [2.45, 2.75) is 19.1 Å². The van der Waals surface area contributed by atoms with Gasteiger partial charge in [-0.2, -0.15) is 0 Å². The lowest BCUT2D eigenvalue weighted by Crippen LogP contribution is -2.32. The van der Waals surface area contributed by atoms with Gasteiger partial charge in [-0.25, -0.2) is 0 Å². The van der Waals surface area contributed by atoms with E-state index in [0.717, 1.165) is 11.1 Å². The number of rotatable bonds is 6. The third-order valence-electron chi connectivity index (χ3n) is 2.89. The summed E-state index contributed by atoms with van der Waals surface area (Å²) in [5, 5.41) is 26.4. The second-order valence-electron chi connectivity index (χ2n) is 4.80. The van der Waals surface area contributed by atoms with Crippen molar-refractivity contribution in [3.05, 3.63) is 75.8 Å². The molecule has 24 heavy (non-hydrogen) atoms. The molecule has 0 radical (unpaired) electrons. The number of phenolic OH excluding ortho intramolecular Hbond substituents is 1. The summed E-state index contributed by atoms with van der Waals surface area (Å²) in [7, 11) is 0. The van der Waals surface area contributed by atoms with E-state index in [-0.39, 0.29) is 18.8 Å². The molecule has 0 saturated carbocycles. The van der Waals surface area contributed by atoms with Crippen molar-refractivity contribution in [3.8, 4) is 5.75 Å². The van der Waals surface area contributed by atoms with Crippen molar-refractivity contribution < 1.29 is 24.9 Å². The smallest absolute Gasteiger partial charge is 0.320 e. The lowest BCUT2D eigenvalue weighted by Gasteiger charge is -2.05. The Morgan fingerprint density at radius 2 is 1.71 bits per heavy atom. The molecule has 0 aliphatic heterocycles. The van der Waals surface area contributed by atoms with Gasteiger partial charge in [-0.3, -0.25) is 4.79 Å². The fraction of sp³-hybridized carbons (Fsp3) is 0.188. The average molecular weight is 334 g/mol. The Morgan fingerprint density at radius 3 is 2.21 bits per heavy atom. The zero-order valence-electron chi connectivity index (χ0n) is 12.7. The molecule has 128 valence electrons. The van der Waals surface area contributed by atoms with E-state index in [1.165, 1.54) is 12.1 Å². The molecule has 4 N–H and O–H groups in total. The monoisotopic (exact) mass is 334 g/mol. The number of nitrogens with zero attached hydrogens (tertiary/aromatic N) is 1. The van der Waals surface area contributed by atoms with Crippen LogP contribution < -0.4 is 5.73 Å². The second kappa shape index (κ2) is 9.80. The fourth-order valence-electron chi connectivity index (χ4n) is 1.67. The van der Waals surface area contributed by atoms with E-state index in [4.69, 9.17) is 15.9 Å². The maximum atomic E-state index is 10.4. The van der Waals surface area contributed by atoms with Gasteiger partial charge in [0, 0.05) is 0 Å². The van der Waals surface area contributed by atoms with Crippen molar-refractivity contribution in [2.75, 3.05) is 0 Å². The second-order valence-corrected chi connectivity index (χ2v) is 4.80. The van der Waals surface area contributed by atoms with Gasteiger partial charge in [-0.05, 0) is 29.7 Å². The highest BCUT2D eigenvalue weighted by molar-refractivity contribution is 5.73. The topological polar surface area (TPSA) is 136 Å². The predicted molar refractivity (Wildman–Crippen MR) is 85.6 cm³/mol. The molecule has 8 nitrogen and oxygen atoms in total. The summed E-state index contributed by atoms with van der Waals surface area (Å²) in [4.78, 5) is 24.3. The summed E-state index contributed by atoms with van der Waals surface area (Å²) in [5.74, 6) is -0.860. The predicted octanol–water partition coefficient (Wildman–Crippen LogP) is 1.74. The number of carboxylic acids is 1. The van der Waals surface area contributed by atoms with Crippen LogP contribution in [-0.4, -0.2) is 27.3 Å². The SMILES string of the molecule is N[C@@H](Cc1ccc(O)cc1)C(=O)O.O=[N+]([O-])OCc1ccccc1. The van der Waals surface area contributed by atoms with E-state index in [2.05, 4.69) is 4.84 Å². The Bertz CT molecular complexity index is 645. The first-order valence-corrected chi connectivity index (χ1v) is 6.96. The Hall–Kier alpha value is -3.13. The van der Waals surface area contributed by atoms with Crippen LogP contribution in [-0.2, 0) is 22.7 Å². The first-order chi connectivity index (χ1) is 11.4. The summed E-state index contributed by atoms with van der Waals surface area (Å²) in [6, 6.07) is 14.4. The Kier molecular flexibility index (Phi) is 7.72. The van der Waals surface area contributed by atoms with Gasteiger partial charge in [0.05, 0.1) is 0 Å². The Balaban J connectivity index is 0.000000243. The van der Waals surface area contributed by atoms with Gasteiger partial charge < -0.3 is 20.8 Å². The van der Waals surface area contributed by atoms with Crippen LogP contribution in [0.5, 0.6) is 5.75 Å². The van der Waals surface area contributed by atoms with Crippen LogP contribution >= 0.6 is 0 Å². The van der Waals surface area contributed by atoms with Crippen LogP contribution in [0.25, 0.3) is 0 Å². The van der Waals surface area contributed by atoms with Crippen LogP contribution in [0.2, 0.25) is 0 Å². The first kappa shape index (κ1) is 18.9. The lowest BCUT2D eigenvalue weighted by atomic mass is 10.1. The molecule has 0 fully saturated rings. The number of phenols is 1. The van der Waals surface area contributed by atoms with E-state index < -0.39 is 17.1 Å². The number of aliphatic carboxylic acids is 1. The highest BCUT2D eigenvalue weighted by atomic mass is 16.9. The number of carbonyl (C=O) groups is 1. The molecule has 0 spiro atoms. The van der Waals surface area contributed by atoms with E-state index in [1.807, 2.05) is 6.07 Å². The number of hydrogen-bond donors (Lipinski definition) is 3.